The van der Waals surface area contributed by atoms with Crippen molar-refractivity contribution < 1.29 is 23.0 Å². The molecule has 0 aliphatic carbocycles. The molecule has 7 heterocycles. The summed E-state index contributed by atoms with van der Waals surface area (Å²) in [6.07, 6.45) is 4.81. The molecule has 1 aromatic heterocycles. The van der Waals surface area contributed by atoms with E-state index < -0.39 is 12.0 Å². The number of morpholine rings is 1. The summed E-state index contributed by atoms with van der Waals surface area (Å²) in [5.74, 6) is 0.586. The molecule has 12 heteroatoms. The minimum atomic E-state index is -2.67. The van der Waals surface area contributed by atoms with Crippen molar-refractivity contribution in [2.45, 2.75) is 56.4 Å². The predicted octanol–water partition coefficient (Wildman–Crippen LogP) is 2.80. The molecule has 44 heavy (non-hydrogen) atoms. The first-order valence-electron chi connectivity index (χ1n) is 15.9. The van der Waals surface area contributed by atoms with E-state index in [-0.39, 0.29) is 23.7 Å². The van der Waals surface area contributed by atoms with Crippen LogP contribution >= 0.6 is 0 Å². The number of ether oxygens (including phenoxy) is 2. The minimum Gasteiger partial charge on any atom is -0.382 e. The fourth-order valence-electron chi connectivity index (χ4n) is 8.20. The van der Waals surface area contributed by atoms with Crippen LogP contribution in [0.3, 0.4) is 0 Å². The lowest BCUT2D eigenvalue weighted by Gasteiger charge is -2.55. The van der Waals surface area contributed by atoms with Crippen LogP contribution in [0.25, 0.3) is 6.08 Å². The van der Waals surface area contributed by atoms with Crippen molar-refractivity contribution in [2.24, 2.45) is 0 Å². The smallest absolute Gasteiger partial charge is 0.281 e. The van der Waals surface area contributed by atoms with Crippen LogP contribution in [0.5, 0.6) is 0 Å². The summed E-state index contributed by atoms with van der Waals surface area (Å²) in [7, 11) is 1.70. The van der Waals surface area contributed by atoms with E-state index in [1.807, 2.05) is 23.1 Å². The Bertz CT molecular complexity index is 1350. The molecule has 6 aliphatic rings. The third-order valence-electron chi connectivity index (χ3n) is 10.4. The zero-order valence-electron chi connectivity index (χ0n) is 25.7. The second-order valence-corrected chi connectivity index (χ2v) is 12.8. The third kappa shape index (κ3) is 4.99. The van der Waals surface area contributed by atoms with E-state index in [9.17, 15) is 13.6 Å². The molecule has 1 amide bonds. The highest BCUT2D eigenvalue weighted by Gasteiger charge is 2.50. The zero-order valence-corrected chi connectivity index (χ0v) is 25.7. The highest BCUT2D eigenvalue weighted by molar-refractivity contribution is 5.87. The molecule has 3 unspecified atom stereocenters. The molecule has 0 bridgehead atoms. The van der Waals surface area contributed by atoms with E-state index in [1.54, 1.807) is 7.11 Å². The van der Waals surface area contributed by atoms with Crippen molar-refractivity contribution in [3.05, 3.63) is 47.3 Å². The number of methoxy groups -OCH3 is 1. The number of nitrogens with zero attached hydrogens (tertiary/aromatic N) is 6. The molecule has 0 radical (unpaired) electrons. The number of halogens is 2. The normalized spacial score (nSPS) is 28.2. The number of hydrogen-bond acceptors (Lipinski definition) is 9. The topological polar surface area (TPSA) is 76.7 Å². The SMILES string of the molecule is C=CC(=O)N1CCN(C2CN3c4cc(N5CCC6(CC5)OC(COC)CN5NCC(C)=C56)nc(C(F)F)c4C=CCC23)CC1. The molecule has 1 N–H and O–H groups in total. The molecule has 4 saturated heterocycles. The number of anilines is 2. The summed E-state index contributed by atoms with van der Waals surface area (Å²) < 4.78 is 41.3. The van der Waals surface area contributed by atoms with Gasteiger partial charge in [-0.1, -0.05) is 18.7 Å². The first-order chi connectivity index (χ1) is 21.3. The maximum Gasteiger partial charge on any atom is 0.281 e. The molecule has 1 spiro atoms. The molecule has 3 atom stereocenters. The number of aromatic nitrogens is 1. The summed E-state index contributed by atoms with van der Waals surface area (Å²) in [5, 5.41) is 2.23. The Kier molecular flexibility index (Phi) is 7.88. The summed E-state index contributed by atoms with van der Waals surface area (Å²) in [5.41, 5.74) is 6.82. The second-order valence-electron chi connectivity index (χ2n) is 12.8. The summed E-state index contributed by atoms with van der Waals surface area (Å²) in [4.78, 5) is 25.4. The van der Waals surface area contributed by atoms with E-state index in [0.717, 1.165) is 57.7 Å². The highest BCUT2D eigenvalue weighted by Crippen LogP contribution is 2.45. The van der Waals surface area contributed by atoms with Crippen LogP contribution in [0.2, 0.25) is 0 Å². The number of amides is 1. The number of pyridine rings is 1. The van der Waals surface area contributed by atoms with Crippen molar-refractivity contribution in [1.29, 1.82) is 0 Å². The van der Waals surface area contributed by atoms with Gasteiger partial charge in [-0.15, -0.1) is 0 Å². The maximum absolute atomic E-state index is 14.5. The monoisotopic (exact) mass is 611 g/mol. The Hall–Kier alpha value is -3.06. The van der Waals surface area contributed by atoms with Crippen LogP contribution in [0, 0.1) is 0 Å². The molecule has 238 valence electrons. The van der Waals surface area contributed by atoms with Gasteiger partial charge in [-0.05, 0) is 37.8 Å². The number of hydrogen-bond donors (Lipinski definition) is 1. The van der Waals surface area contributed by atoms with Gasteiger partial charge >= 0.3 is 0 Å². The van der Waals surface area contributed by atoms with Crippen LogP contribution in [0.1, 0.15) is 43.9 Å². The first-order valence-corrected chi connectivity index (χ1v) is 15.9. The second kappa shape index (κ2) is 11.7. The Labute approximate surface area is 257 Å². The van der Waals surface area contributed by atoms with E-state index >= 15 is 0 Å². The number of fused-ring (bicyclic) bond motifs is 5. The van der Waals surface area contributed by atoms with Crippen molar-refractivity contribution in [1.82, 2.24) is 25.2 Å². The van der Waals surface area contributed by atoms with Crippen molar-refractivity contribution in [2.75, 3.05) is 82.4 Å². The molecule has 4 fully saturated rings. The van der Waals surface area contributed by atoms with Gasteiger partial charge < -0.3 is 29.2 Å². The minimum absolute atomic E-state index is 0.0247. The number of hydrazine groups is 1. The van der Waals surface area contributed by atoms with Crippen LogP contribution in [-0.2, 0) is 14.3 Å². The number of carbonyl (C=O) groups is 1. The third-order valence-corrected chi connectivity index (χ3v) is 10.4. The fraction of sp³-hybridized carbons (Fsp3) is 0.625. The number of rotatable bonds is 6. The lowest BCUT2D eigenvalue weighted by atomic mass is 9.84. The Morgan fingerprint density at radius 3 is 2.68 bits per heavy atom. The van der Waals surface area contributed by atoms with Crippen LogP contribution in [0.15, 0.2) is 36.1 Å². The van der Waals surface area contributed by atoms with Crippen molar-refractivity contribution in [3.63, 3.8) is 0 Å². The average molecular weight is 612 g/mol. The largest absolute Gasteiger partial charge is 0.382 e. The standard InChI is InChI=1S/C32H43F2N7O3/c1-4-28(42)39-14-12-37(13-15-39)26-19-40-24(26)7-5-6-23-25(40)16-27(36-29(23)31(33)34)38-10-8-32(9-11-38)30-21(2)17-35-41(30)18-22(44-32)20-43-3/h4-6,16,22,24,26,31,35H,1,7-15,17-20H2,2-3H3. The first kappa shape index (κ1) is 29.6. The Morgan fingerprint density at radius 2 is 1.98 bits per heavy atom. The van der Waals surface area contributed by atoms with Crippen LogP contribution in [-0.4, -0.2) is 122 Å². The highest BCUT2D eigenvalue weighted by atomic mass is 19.3. The number of nitrogens with one attached hydrogen (secondary N) is 1. The molecule has 0 aromatic carbocycles. The van der Waals surface area contributed by atoms with Crippen molar-refractivity contribution in [3.8, 4) is 0 Å². The molecule has 10 nitrogen and oxygen atoms in total. The zero-order chi connectivity index (χ0) is 30.6. The van der Waals surface area contributed by atoms with E-state index in [0.29, 0.717) is 50.2 Å². The van der Waals surface area contributed by atoms with Gasteiger partial charge in [-0.25, -0.2) is 19.2 Å². The average Bonchev–Trinajstić information content (AvgIpc) is 3.33. The van der Waals surface area contributed by atoms with Gasteiger partial charge in [0.2, 0.25) is 5.91 Å². The molecule has 0 saturated carbocycles. The number of carbonyl (C=O) groups excluding carboxylic acids is 1. The van der Waals surface area contributed by atoms with E-state index in [4.69, 9.17) is 9.47 Å². The Morgan fingerprint density at radius 1 is 1.20 bits per heavy atom. The Balaban J connectivity index is 1.11. The summed E-state index contributed by atoms with van der Waals surface area (Å²) in [6, 6.07) is 2.54. The van der Waals surface area contributed by atoms with Gasteiger partial charge in [0.1, 0.15) is 23.2 Å². The quantitative estimate of drug-likeness (QED) is 0.489. The molecule has 1 aromatic rings. The van der Waals surface area contributed by atoms with Gasteiger partial charge in [0.25, 0.3) is 6.43 Å². The van der Waals surface area contributed by atoms with Crippen molar-refractivity contribution >= 4 is 23.5 Å². The molecular weight excluding hydrogens is 568 g/mol. The number of alkyl halides is 2. The summed E-state index contributed by atoms with van der Waals surface area (Å²) >= 11 is 0. The van der Waals surface area contributed by atoms with Gasteiger partial charge in [-0.2, -0.15) is 0 Å². The van der Waals surface area contributed by atoms with Gasteiger partial charge in [-0.3, -0.25) is 9.69 Å². The van der Waals surface area contributed by atoms with E-state index in [1.165, 1.54) is 17.3 Å². The van der Waals surface area contributed by atoms with Gasteiger partial charge in [0.15, 0.2) is 0 Å². The van der Waals surface area contributed by atoms with Crippen LogP contribution < -0.4 is 15.2 Å². The number of piperidine rings is 1. The summed E-state index contributed by atoms with van der Waals surface area (Å²) in [6.45, 7) is 12.9. The molecular formula is C32H43F2N7O3. The van der Waals surface area contributed by atoms with Gasteiger partial charge in [0, 0.05) is 83.2 Å². The number of piperazine rings is 1. The van der Waals surface area contributed by atoms with Crippen LogP contribution in [0.4, 0.5) is 20.3 Å². The maximum atomic E-state index is 14.5. The van der Waals surface area contributed by atoms with Gasteiger partial charge in [0.05, 0.1) is 24.5 Å². The predicted molar refractivity (Wildman–Crippen MR) is 164 cm³/mol. The molecule has 7 rings (SSSR count). The fourth-order valence-corrected chi connectivity index (χ4v) is 8.20. The lowest BCUT2D eigenvalue weighted by molar-refractivity contribution is -0.155. The lowest BCUT2D eigenvalue weighted by Crippen LogP contribution is -2.69. The van der Waals surface area contributed by atoms with E-state index in [2.05, 4.69) is 43.6 Å². The molecule has 6 aliphatic heterocycles.